The summed E-state index contributed by atoms with van der Waals surface area (Å²) in [5, 5.41) is 9.75. The second-order valence-electron chi connectivity index (χ2n) is 14.7. The molecule has 6 heterocycles. The molecule has 16 heteroatoms. The Bertz CT molecular complexity index is 2440. The van der Waals surface area contributed by atoms with Crippen LogP contribution in [0.3, 0.4) is 0 Å². The Labute approximate surface area is 337 Å². The zero-order valence-electron chi connectivity index (χ0n) is 32.0. The maximum atomic E-state index is 14.0. The molecular weight excluding hydrogens is 765 g/mol. The molecule has 2 aromatic carbocycles. The highest BCUT2D eigenvalue weighted by molar-refractivity contribution is 7.27. The number of fused-ring (bicyclic) bond motifs is 2. The lowest BCUT2D eigenvalue weighted by molar-refractivity contribution is -0.135. The molecule has 0 aliphatic carbocycles. The summed E-state index contributed by atoms with van der Waals surface area (Å²) in [6.07, 6.45) is 3.72. The van der Waals surface area contributed by atoms with Crippen LogP contribution < -0.4 is 10.6 Å². The van der Waals surface area contributed by atoms with Gasteiger partial charge in [0.25, 0.3) is 5.91 Å². The van der Waals surface area contributed by atoms with E-state index in [9.17, 15) is 19.2 Å². The molecule has 0 spiro atoms. The number of H-pyrrole nitrogens is 2. The van der Waals surface area contributed by atoms with Gasteiger partial charge in [0.05, 0.1) is 58.6 Å². The van der Waals surface area contributed by atoms with E-state index in [1.807, 2.05) is 61.3 Å². The number of rotatable bonds is 10. The average molecular weight is 809 g/mol. The number of alkyl carbamates (subject to hydrolysis) is 2. The number of nitrogens with zero attached hydrogens (tertiary/aromatic N) is 4. The minimum atomic E-state index is -0.886. The summed E-state index contributed by atoms with van der Waals surface area (Å²) < 4.78 is 11.9. The van der Waals surface area contributed by atoms with Crippen molar-refractivity contribution in [3.63, 3.8) is 0 Å². The highest BCUT2D eigenvalue weighted by atomic mass is 32.1. The molecule has 2 fully saturated rings. The van der Waals surface area contributed by atoms with Gasteiger partial charge >= 0.3 is 12.2 Å². The van der Waals surface area contributed by atoms with E-state index in [0.717, 1.165) is 74.3 Å². The molecule has 6 aromatic rings. The molecule has 4 N–H and O–H groups in total. The van der Waals surface area contributed by atoms with Crippen LogP contribution in [-0.2, 0) is 19.1 Å². The largest absolute Gasteiger partial charge is 0.453 e. The van der Waals surface area contributed by atoms with Crippen LogP contribution in [0.5, 0.6) is 0 Å². The van der Waals surface area contributed by atoms with Crippen molar-refractivity contribution in [3.8, 4) is 22.4 Å². The van der Waals surface area contributed by atoms with E-state index < -0.39 is 24.3 Å². The number of hydrogen-bond donors (Lipinski definition) is 4. The Morgan fingerprint density at radius 1 is 0.807 bits per heavy atom. The molecule has 4 atom stereocenters. The Hall–Kier alpha value is -5.74. The number of aromatic amines is 2. The van der Waals surface area contributed by atoms with E-state index in [4.69, 9.17) is 19.4 Å². The van der Waals surface area contributed by atoms with Crippen molar-refractivity contribution in [3.05, 3.63) is 82.7 Å². The van der Waals surface area contributed by atoms with Crippen molar-refractivity contribution in [2.45, 2.75) is 63.7 Å². The average Bonchev–Trinajstić information content (AvgIpc) is 4.08. The predicted molar refractivity (Wildman–Crippen MR) is 219 cm³/mol. The van der Waals surface area contributed by atoms with Gasteiger partial charge in [-0.2, -0.15) is 0 Å². The van der Waals surface area contributed by atoms with Gasteiger partial charge in [-0.1, -0.05) is 50.2 Å². The number of ether oxygens (including phenoxy) is 2. The molecule has 296 valence electrons. The summed E-state index contributed by atoms with van der Waals surface area (Å²) in [4.78, 5) is 72.3. The smallest absolute Gasteiger partial charge is 0.407 e. The number of amides is 4. The Morgan fingerprint density at radius 2 is 1.46 bits per heavy atom. The summed E-state index contributed by atoms with van der Waals surface area (Å²) in [5.74, 6) is 0.971. The maximum Gasteiger partial charge on any atom is 0.407 e. The lowest BCUT2D eigenvalue weighted by Gasteiger charge is -2.29. The molecular formula is C41H44N8O6S2. The molecule has 2 saturated heterocycles. The van der Waals surface area contributed by atoms with E-state index in [1.54, 1.807) is 27.6 Å². The number of likely N-dealkylation sites (tertiary alicyclic amines) is 2. The van der Waals surface area contributed by atoms with Gasteiger partial charge in [0.2, 0.25) is 5.91 Å². The second-order valence-corrected chi connectivity index (χ2v) is 16.5. The number of carbonyl (C=O) groups excluding carboxylic acids is 4. The third kappa shape index (κ3) is 7.34. The molecule has 4 aromatic heterocycles. The maximum absolute atomic E-state index is 14.0. The molecule has 0 radical (unpaired) electrons. The third-order valence-electron chi connectivity index (χ3n) is 10.9. The first-order valence-corrected chi connectivity index (χ1v) is 20.8. The Morgan fingerprint density at radius 3 is 2.16 bits per heavy atom. The highest BCUT2D eigenvalue weighted by Gasteiger charge is 2.39. The van der Waals surface area contributed by atoms with Gasteiger partial charge in [0, 0.05) is 35.0 Å². The number of methoxy groups -OCH3 is 2. The summed E-state index contributed by atoms with van der Waals surface area (Å²) in [5.41, 5.74) is 6.48. The summed E-state index contributed by atoms with van der Waals surface area (Å²) in [7, 11) is 2.57. The van der Waals surface area contributed by atoms with Gasteiger partial charge in [0.15, 0.2) is 0 Å². The van der Waals surface area contributed by atoms with Crippen LogP contribution in [0.2, 0.25) is 0 Å². The van der Waals surface area contributed by atoms with E-state index in [1.165, 1.54) is 14.2 Å². The van der Waals surface area contributed by atoms with Crippen LogP contribution in [-0.4, -0.2) is 87.1 Å². The monoisotopic (exact) mass is 808 g/mol. The van der Waals surface area contributed by atoms with Crippen molar-refractivity contribution in [1.29, 1.82) is 0 Å². The Balaban J connectivity index is 1.02. The van der Waals surface area contributed by atoms with Gasteiger partial charge in [-0.05, 0) is 54.9 Å². The fourth-order valence-corrected chi connectivity index (χ4v) is 10.4. The van der Waals surface area contributed by atoms with Crippen LogP contribution in [0, 0.1) is 5.92 Å². The molecule has 0 unspecified atom stereocenters. The first kappa shape index (κ1) is 38.1. The summed E-state index contributed by atoms with van der Waals surface area (Å²) in [6, 6.07) is 13.3. The van der Waals surface area contributed by atoms with Gasteiger partial charge in [-0.25, -0.2) is 19.6 Å². The van der Waals surface area contributed by atoms with E-state index in [0.29, 0.717) is 24.5 Å². The number of aromatic nitrogens is 4. The van der Waals surface area contributed by atoms with Crippen molar-refractivity contribution < 1.29 is 28.7 Å². The van der Waals surface area contributed by atoms with Crippen LogP contribution >= 0.6 is 22.7 Å². The molecule has 2 aliphatic heterocycles. The summed E-state index contributed by atoms with van der Waals surface area (Å²) >= 11 is 3.35. The van der Waals surface area contributed by atoms with Crippen molar-refractivity contribution >= 4 is 67.1 Å². The number of imidazole rings is 2. The van der Waals surface area contributed by atoms with Crippen LogP contribution in [0.4, 0.5) is 9.59 Å². The lowest BCUT2D eigenvalue weighted by atomic mass is 10.0. The lowest BCUT2D eigenvalue weighted by Crippen LogP contribution is -2.51. The summed E-state index contributed by atoms with van der Waals surface area (Å²) in [6.45, 7) is 4.95. The number of carbonyl (C=O) groups is 4. The topological polar surface area (TPSA) is 175 Å². The standard InChI is InChI=1S/C41H44N8O6S2/c1-22(2)32(46-40(52)54-3)38(50)49-17-9-13-31(49)37-43-27-15-14-24(18-28(27)44-37)25-20-56-35-26(21-57-34(25)35)29-19-42-36(45-29)30-12-8-16-48(30)39(51)33(47-41(53)55-4)23-10-6-5-7-11-23/h5-7,10-11,14-15,18-22,30-33H,8-9,12-13,16-17H2,1-4H3,(H,42,45)(H,43,44)(H,46,52)(H,47,53)/t30-,31-,32-,33+/m0/s1. The fourth-order valence-electron chi connectivity index (χ4n) is 7.99. The minimum absolute atomic E-state index is 0.114. The minimum Gasteiger partial charge on any atom is -0.453 e. The number of benzene rings is 2. The number of thiophene rings is 2. The van der Waals surface area contributed by atoms with Gasteiger partial charge in [0.1, 0.15) is 23.7 Å². The van der Waals surface area contributed by atoms with Crippen LogP contribution in [0.1, 0.15) is 74.9 Å². The third-order valence-corrected chi connectivity index (χ3v) is 13.1. The van der Waals surface area contributed by atoms with Crippen LogP contribution in [0.25, 0.3) is 42.8 Å². The van der Waals surface area contributed by atoms with E-state index in [-0.39, 0.29) is 29.8 Å². The zero-order valence-corrected chi connectivity index (χ0v) is 33.7. The van der Waals surface area contributed by atoms with Gasteiger partial charge in [-0.3, -0.25) is 9.59 Å². The van der Waals surface area contributed by atoms with Crippen LogP contribution in [0.15, 0.2) is 65.5 Å². The SMILES string of the molecule is COC(=O)N[C@H](C(=O)N1CCC[C@H]1c1nc2ccc(-c3csc4c(-c5cnc([C@@H]6CCCN6C(=O)[C@H](NC(=O)OC)c6ccccc6)[nH]5)csc34)cc2[nH]1)C(C)C. The Kier molecular flexibility index (Phi) is 10.7. The molecule has 2 aliphatic rings. The number of nitrogens with one attached hydrogen (secondary N) is 4. The van der Waals surface area contributed by atoms with Gasteiger partial charge in [-0.15, -0.1) is 22.7 Å². The van der Waals surface area contributed by atoms with E-state index in [2.05, 4.69) is 43.5 Å². The zero-order chi connectivity index (χ0) is 39.8. The van der Waals surface area contributed by atoms with Gasteiger partial charge < -0.3 is 39.9 Å². The van der Waals surface area contributed by atoms with E-state index >= 15 is 0 Å². The highest BCUT2D eigenvalue weighted by Crippen LogP contribution is 2.45. The fraction of sp³-hybridized carbons (Fsp3) is 0.366. The second kappa shape index (κ2) is 16.0. The molecule has 14 nitrogen and oxygen atoms in total. The molecule has 57 heavy (non-hydrogen) atoms. The normalized spacial score (nSPS) is 18.0. The molecule has 0 bridgehead atoms. The van der Waals surface area contributed by atoms with Crippen molar-refractivity contribution in [2.75, 3.05) is 27.3 Å². The molecule has 8 rings (SSSR count). The predicted octanol–water partition coefficient (Wildman–Crippen LogP) is 7.70. The van der Waals surface area contributed by atoms with Crippen molar-refractivity contribution in [2.24, 2.45) is 5.92 Å². The number of hydrogen-bond acceptors (Lipinski definition) is 10. The molecule has 0 saturated carbocycles. The quantitative estimate of drug-likeness (QED) is 0.109. The molecule has 4 amide bonds. The first-order valence-electron chi connectivity index (χ1n) is 19.0. The van der Waals surface area contributed by atoms with Crippen molar-refractivity contribution in [1.82, 2.24) is 40.4 Å². The first-order chi connectivity index (χ1) is 27.6.